The van der Waals surface area contributed by atoms with Crippen molar-refractivity contribution >= 4 is 11.9 Å². The summed E-state index contributed by atoms with van der Waals surface area (Å²) in [5.74, 6) is -1.36. The quantitative estimate of drug-likeness (QED) is 0.733. The number of carbonyl (C=O) groups is 2. The molecule has 6 nitrogen and oxygen atoms in total. The average Bonchev–Trinajstić information content (AvgIpc) is 2.74. The van der Waals surface area contributed by atoms with E-state index in [2.05, 4.69) is 16.8 Å². The van der Waals surface area contributed by atoms with Gasteiger partial charge in [0, 0.05) is 45.7 Å². The van der Waals surface area contributed by atoms with Gasteiger partial charge in [0.25, 0.3) is 0 Å². The summed E-state index contributed by atoms with van der Waals surface area (Å²) in [6, 6.07) is 0. The van der Waals surface area contributed by atoms with Gasteiger partial charge in [-0.15, -0.1) is 0 Å². The first-order valence-corrected chi connectivity index (χ1v) is 6.97. The molecule has 0 spiro atoms. The summed E-state index contributed by atoms with van der Waals surface area (Å²) < 4.78 is 0. The van der Waals surface area contributed by atoms with Gasteiger partial charge in [0.2, 0.25) is 5.91 Å². The number of nitrogens with zero attached hydrogens (tertiary/aromatic N) is 3. The number of carboxylic acids is 1. The SMILES string of the molecule is CN1CCN(CCCN2CC(C(=O)O)CC2=O)CC1. The van der Waals surface area contributed by atoms with Crippen molar-refractivity contribution in [2.45, 2.75) is 12.8 Å². The molecular weight excluding hydrogens is 246 g/mol. The van der Waals surface area contributed by atoms with E-state index >= 15 is 0 Å². The molecule has 0 radical (unpaired) electrons. The summed E-state index contributed by atoms with van der Waals surface area (Å²) in [6.45, 7) is 6.44. The normalized spacial score (nSPS) is 26.1. The lowest BCUT2D eigenvalue weighted by Gasteiger charge is -2.32. The number of aliphatic carboxylic acids is 1. The first kappa shape index (κ1) is 14.3. The van der Waals surface area contributed by atoms with Crippen LogP contribution in [0.5, 0.6) is 0 Å². The molecule has 0 aliphatic carbocycles. The van der Waals surface area contributed by atoms with Gasteiger partial charge in [0.1, 0.15) is 0 Å². The molecule has 0 bridgehead atoms. The molecule has 2 aliphatic heterocycles. The largest absolute Gasteiger partial charge is 0.481 e. The second-order valence-corrected chi connectivity index (χ2v) is 5.58. The Labute approximate surface area is 114 Å². The summed E-state index contributed by atoms with van der Waals surface area (Å²) in [7, 11) is 2.13. The van der Waals surface area contributed by atoms with Crippen LogP contribution in [0.25, 0.3) is 0 Å². The van der Waals surface area contributed by atoms with E-state index in [4.69, 9.17) is 5.11 Å². The highest BCUT2D eigenvalue weighted by molar-refractivity contribution is 5.86. The van der Waals surface area contributed by atoms with Crippen LogP contribution in [0, 0.1) is 5.92 Å². The summed E-state index contributed by atoms with van der Waals surface area (Å²) in [5.41, 5.74) is 0. The Hall–Kier alpha value is -1.14. The fourth-order valence-electron chi connectivity index (χ4n) is 2.71. The predicted molar refractivity (Wildman–Crippen MR) is 70.9 cm³/mol. The highest BCUT2D eigenvalue weighted by atomic mass is 16.4. The molecule has 108 valence electrons. The molecule has 0 aromatic rings. The molecule has 2 rings (SSSR count). The second kappa shape index (κ2) is 6.34. The second-order valence-electron chi connectivity index (χ2n) is 5.58. The van der Waals surface area contributed by atoms with E-state index in [1.54, 1.807) is 4.90 Å². The molecule has 1 N–H and O–H groups in total. The Morgan fingerprint density at radius 1 is 1.26 bits per heavy atom. The molecule has 0 saturated carbocycles. The smallest absolute Gasteiger partial charge is 0.308 e. The maximum atomic E-state index is 11.7. The zero-order chi connectivity index (χ0) is 13.8. The topological polar surface area (TPSA) is 64.1 Å². The van der Waals surface area contributed by atoms with Gasteiger partial charge in [-0.3, -0.25) is 9.59 Å². The fourth-order valence-corrected chi connectivity index (χ4v) is 2.71. The van der Waals surface area contributed by atoms with Crippen molar-refractivity contribution in [3.05, 3.63) is 0 Å². The molecular formula is C13H23N3O3. The third kappa shape index (κ3) is 3.91. The molecule has 2 heterocycles. The van der Waals surface area contributed by atoms with E-state index in [-0.39, 0.29) is 12.3 Å². The van der Waals surface area contributed by atoms with Gasteiger partial charge in [0.05, 0.1) is 5.92 Å². The maximum Gasteiger partial charge on any atom is 0.308 e. The summed E-state index contributed by atoms with van der Waals surface area (Å²) in [6.07, 6.45) is 1.10. The van der Waals surface area contributed by atoms with Gasteiger partial charge in [-0.2, -0.15) is 0 Å². The van der Waals surface area contributed by atoms with Crippen molar-refractivity contribution in [1.82, 2.24) is 14.7 Å². The van der Waals surface area contributed by atoms with Crippen LogP contribution < -0.4 is 0 Å². The average molecular weight is 269 g/mol. The molecule has 2 fully saturated rings. The van der Waals surface area contributed by atoms with Crippen LogP contribution in [0.3, 0.4) is 0 Å². The van der Waals surface area contributed by atoms with Gasteiger partial charge in [0.15, 0.2) is 0 Å². The zero-order valence-corrected chi connectivity index (χ0v) is 11.5. The van der Waals surface area contributed by atoms with Gasteiger partial charge >= 0.3 is 5.97 Å². The third-order valence-electron chi connectivity index (χ3n) is 4.06. The van der Waals surface area contributed by atoms with Crippen LogP contribution >= 0.6 is 0 Å². The highest BCUT2D eigenvalue weighted by Crippen LogP contribution is 2.18. The number of carboxylic acid groups (broad SMARTS) is 1. The number of likely N-dealkylation sites (tertiary alicyclic amines) is 1. The van der Waals surface area contributed by atoms with E-state index in [0.29, 0.717) is 13.1 Å². The molecule has 0 aromatic heterocycles. The maximum absolute atomic E-state index is 11.7. The fraction of sp³-hybridized carbons (Fsp3) is 0.846. The van der Waals surface area contributed by atoms with Crippen molar-refractivity contribution in [3.8, 4) is 0 Å². The van der Waals surface area contributed by atoms with Gasteiger partial charge in [-0.05, 0) is 20.0 Å². The van der Waals surface area contributed by atoms with E-state index in [1.165, 1.54) is 0 Å². The number of piperazine rings is 1. The molecule has 19 heavy (non-hydrogen) atoms. The lowest BCUT2D eigenvalue weighted by atomic mass is 10.1. The van der Waals surface area contributed by atoms with Crippen molar-refractivity contribution in [3.63, 3.8) is 0 Å². The number of carbonyl (C=O) groups excluding carboxylic acids is 1. The van der Waals surface area contributed by atoms with Crippen molar-refractivity contribution in [2.24, 2.45) is 5.92 Å². The Morgan fingerprint density at radius 2 is 1.95 bits per heavy atom. The van der Waals surface area contributed by atoms with Gasteiger partial charge in [-0.1, -0.05) is 0 Å². The first-order valence-electron chi connectivity index (χ1n) is 6.97. The number of hydrogen-bond donors (Lipinski definition) is 1. The number of hydrogen-bond acceptors (Lipinski definition) is 4. The summed E-state index contributed by atoms with van der Waals surface area (Å²) >= 11 is 0. The Bertz CT molecular complexity index is 340. The molecule has 0 aromatic carbocycles. The standard InChI is InChI=1S/C13H23N3O3/c1-14-5-7-15(8-6-14)3-2-4-16-10-11(13(18)19)9-12(16)17/h11H,2-10H2,1H3,(H,18,19). The van der Waals surface area contributed by atoms with E-state index in [1.807, 2.05) is 0 Å². The Balaban J connectivity index is 1.66. The van der Waals surface area contributed by atoms with Crippen LogP contribution in [0.15, 0.2) is 0 Å². The van der Waals surface area contributed by atoms with E-state index in [0.717, 1.165) is 39.1 Å². The minimum atomic E-state index is -0.852. The molecule has 1 unspecified atom stereocenters. The predicted octanol–water partition coefficient (Wildman–Crippen LogP) is -0.443. The van der Waals surface area contributed by atoms with Gasteiger partial charge < -0.3 is 19.8 Å². The lowest BCUT2D eigenvalue weighted by molar-refractivity contribution is -0.141. The van der Waals surface area contributed by atoms with Crippen LogP contribution in [0.4, 0.5) is 0 Å². The number of likely N-dealkylation sites (N-methyl/N-ethyl adjacent to an activating group) is 1. The minimum absolute atomic E-state index is 0.00854. The Morgan fingerprint density at radius 3 is 2.53 bits per heavy atom. The zero-order valence-electron chi connectivity index (χ0n) is 11.5. The molecule has 2 saturated heterocycles. The lowest BCUT2D eigenvalue weighted by Crippen LogP contribution is -2.45. The van der Waals surface area contributed by atoms with E-state index < -0.39 is 11.9 Å². The molecule has 6 heteroatoms. The van der Waals surface area contributed by atoms with Crippen LogP contribution in [0.2, 0.25) is 0 Å². The van der Waals surface area contributed by atoms with Crippen molar-refractivity contribution in [2.75, 3.05) is 52.9 Å². The molecule has 1 amide bonds. The first-order chi connectivity index (χ1) is 9.06. The third-order valence-corrected chi connectivity index (χ3v) is 4.06. The summed E-state index contributed by atoms with van der Waals surface area (Å²) in [5, 5.41) is 8.91. The highest BCUT2D eigenvalue weighted by Gasteiger charge is 2.33. The molecule has 1 atom stereocenters. The summed E-state index contributed by atoms with van der Waals surface area (Å²) in [4.78, 5) is 28.9. The molecule has 2 aliphatic rings. The Kier molecular flexibility index (Phi) is 4.76. The minimum Gasteiger partial charge on any atom is -0.481 e. The van der Waals surface area contributed by atoms with Crippen molar-refractivity contribution in [1.29, 1.82) is 0 Å². The van der Waals surface area contributed by atoms with Crippen LogP contribution in [0.1, 0.15) is 12.8 Å². The number of rotatable bonds is 5. The van der Waals surface area contributed by atoms with E-state index in [9.17, 15) is 9.59 Å². The monoisotopic (exact) mass is 269 g/mol. The van der Waals surface area contributed by atoms with Gasteiger partial charge in [-0.25, -0.2) is 0 Å². The van der Waals surface area contributed by atoms with Crippen LogP contribution in [-0.2, 0) is 9.59 Å². The number of amides is 1. The van der Waals surface area contributed by atoms with Crippen LogP contribution in [-0.4, -0.2) is 84.5 Å². The van der Waals surface area contributed by atoms with Crippen molar-refractivity contribution < 1.29 is 14.7 Å².